The summed E-state index contributed by atoms with van der Waals surface area (Å²) < 4.78 is 0. The maximum Gasteiger partial charge on any atom is 0.250 e. The predicted molar refractivity (Wildman–Crippen MR) is 85.1 cm³/mol. The van der Waals surface area contributed by atoms with Crippen LogP contribution in [0.4, 0.5) is 0 Å². The SMILES string of the molecule is CN(C#N)C(=O)[C@@H](CC1CCCCC1)c1ncccc1C(N)=O. The van der Waals surface area contributed by atoms with Gasteiger partial charge in [0.05, 0.1) is 17.2 Å². The summed E-state index contributed by atoms with van der Waals surface area (Å²) in [5.74, 6) is -1.13. The number of hydrogen-bond donors (Lipinski definition) is 1. The molecule has 1 heterocycles. The first-order valence-electron chi connectivity index (χ1n) is 7.96. The van der Waals surface area contributed by atoms with E-state index < -0.39 is 11.8 Å². The van der Waals surface area contributed by atoms with Gasteiger partial charge in [-0.15, -0.1) is 0 Å². The highest BCUT2D eigenvalue weighted by Gasteiger charge is 2.31. The van der Waals surface area contributed by atoms with Crippen LogP contribution in [0.3, 0.4) is 0 Å². The largest absolute Gasteiger partial charge is 0.366 e. The molecule has 2 N–H and O–H groups in total. The minimum absolute atomic E-state index is 0.257. The summed E-state index contributed by atoms with van der Waals surface area (Å²) in [5.41, 5.74) is 6.07. The fraction of sp³-hybridized carbons (Fsp3) is 0.529. The third-order valence-corrected chi connectivity index (χ3v) is 4.51. The standard InChI is InChI=1S/C17H22N4O2/c1-21(11-18)17(23)14(10-12-6-3-2-4-7-12)15-13(16(19)22)8-5-9-20-15/h5,8-9,12,14H,2-4,6-7,10H2,1H3,(H2,19,22)/t14-/m0/s1. The van der Waals surface area contributed by atoms with Crippen molar-refractivity contribution < 1.29 is 9.59 Å². The van der Waals surface area contributed by atoms with Crippen LogP contribution in [0.1, 0.15) is 60.5 Å². The molecule has 1 saturated carbocycles. The van der Waals surface area contributed by atoms with Crippen LogP contribution in [0.25, 0.3) is 0 Å². The maximum atomic E-state index is 12.6. The fourth-order valence-electron chi connectivity index (χ4n) is 3.27. The number of nitrogens with zero attached hydrogens (tertiary/aromatic N) is 3. The molecule has 6 heteroatoms. The second kappa shape index (κ2) is 7.73. The second-order valence-electron chi connectivity index (χ2n) is 6.09. The molecule has 1 aromatic rings. The van der Waals surface area contributed by atoms with Gasteiger partial charge in [-0.05, 0) is 24.5 Å². The van der Waals surface area contributed by atoms with Crippen molar-refractivity contribution in [1.82, 2.24) is 9.88 Å². The van der Waals surface area contributed by atoms with Crippen molar-refractivity contribution in [3.8, 4) is 6.19 Å². The number of carbonyl (C=O) groups excluding carboxylic acids is 2. The lowest BCUT2D eigenvalue weighted by atomic mass is 9.80. The summed E-state index contributed by atoms with van der Waals surface area (Å²) in [7, 11) is 1.43. The Hall–Kier alpha value is -2.42. The van der Waals surface area contributed by atoms with E-state index in [0.717, 1.165) is 30.6 Å². The summed E-state index contributed by atoms with van der Waals surface area (Å²) in [6.45, 7) is 0. The van der Waals surface area contributed by atoms with Gasteiger partial charge in [0.1, 0.15) is 0 Å². The highest BCUT2D eigenvalue weighted by atomic mass is 16.2. The molecule has 6 nitrogen and oxygen atoms in total. The average Bonchev–Trinajstić information content (AvgIpc) is 2.59. The van der Waals surface area contributed by atoms with Crippen molar-refractivity contribution in [3.63, 3.8) is 0 Å². The molecule has 23 heavy (non-hydrogen) atoms. The summed E-state index contributed by atoms with van der Waals surface area (Å²) in [4.78, 5) is 29.6. The first kappa shape index (κ1) is 16.9. The first-order valence-corrected chi connectivity index (χ1v) is 7.96. The lowest BCUT2D eigenvalue weighted by Crippen LogP contribution is -2.31. The van der Waals surface area contributed by atoms with E-state index in [9.17, 15) is 9.59 Å². The number of carbonyl (C=O) groups is 2. The van der Waals surface area contributed by atoms with Gasteiger partial charge >= 0.3 is 0 Å². The number of pyridine rings is 1. The Morgan fingerprint density at radius 1 is 1.43 bits per heavy atom. The minimum Gasteiger partial charge on any atom is -0.366 e. The smallest absolute Gasteiger partial charge is 0.250 e. The molecule has 1 aliphatic rings. The van der Waals surface area contributed by atoms with Crippen LogP contribution in [-0.4, -0.2) is 28.7 Å². The van der Waals surface area contributed by atoms with Gasteiger partial charge in [-0.3, -0.25) is 19.5 Å². The van der Waals surface area contributed by atoms with Gasteiger partial charge in [0.15, 0.2) is 6.19 Å². The fourth-order valence-corrected chi connectivity index (χ4v) is 3.27. The van der Waals surface area contributed by atoms with Crippen molar-refractivity contribution in [3.05, 3.63) is 29.6 Å². The number of hydrogen-bond acceptors (Lipinski definition) is 4. The van der Waals surface area contributed by atoms with Gasteiger partial charge in [-0.1, -0.05) is 32.1 Å². The van der Waals surface area contributed by atoms with E-state index in [1.807, 2.05) is 6.19 Å². The maximum absolute atomic E-state index is 12.6. The molecule has 0 aliphatic heterocycles. The highest BCUT2D eigenvalue weighted by molar-refractivity contribution is 5.96. The van der Waals surface area contributed by atoms with Gasteiger partial charge in [0.2, 0.25) is 5.91 Å². The molecule has 0 bridgehead atoms. The Morgan fingerprint density at radius 2 is 2.13 bits per heavy atom. The molecule has 0 saturated heterocycles. The van der Waals surface area contributed by atoms with Gasteiger partial charge < -0.3 is 5.73 Å². The Morgan fingerprint density at radius 3 is 2.74 bits per heavy atom. The van der Waals surface area contributed by atoms with E-state index in [4.69, 9.17) is 11.0 Å². The number of primary amides is 1. The molecular formula is C17H22N4O2. The molecule has 2 amide bonds. The molecule has 1 aromatic heterocycles. The lowest BCUT2D eigenvalue weighted by molar-refractivity contribution is -0.129. The Labute approximate surface area is 136 Å². The van der Waals surface area contributed by atoms with E-state index in [1.165, 1.54) is 13.5 Å². The molecule has 1 aliphatic carbocycles. The van der Waals surface area contributed by atoms with Crippen LogP contribution < -0.4 is 5.73 Å². The number of aromatic nitrogens is 1. The number of likely N-dealkylation sites (N-methyl/N-ethyl adjacent to an activating group) is 1. The average molecular weight is 314 g/mol. The van der Waals surface area contributed by atoms with E-state index in [-0.39, 0.29) is 11.5 Å². The zero-order valence-electron chi connectivity index (χ0n) is 13.4. The normalized spacial score (nSPS) is 16.3. The van der Waals surface area contributed by atoms with Crippen molar-refractivity contribution in [2.24, 2.45) is 11.7 Å². The monoisotopic (exact) mass is 314 g/mol. The van der Waals surface area contributed by atoms with Crippen LogP contribution in [0.15, 0.2) is 18.3 Å². The van der Waals surface area contributed by atoms with Crippen LogP contribution in [-0.2, 0) is 4.79 Å². The van der Waals surface area contributed by atoms with Gasteiger partial charge in [0, 0.05) is 13.2 Å². The summed E-state index contributed by atoms with van der Waals surface area (Å²) in [6, 6.07) is 3.21. The van der Waals surface area contributed by atoms with Crippen LogP contribution >= 0.6 is 0 Å². The number of nitrogens with two attached hydrogens (primary N) is 1. The first-order chi connectivity index (χ1) is 11.0. The number of nitriles is 1. The van der Waals surface area contributed by atoms with Crippen LogP contribution in [0.5, 0.6) is 0 Å². The molecule has 1 atom stereocenters. The molecule has 2 rings (SSSR count). The van der Waals surface area contributed by atoms with Gasteiger partial charge in [-0.2, -0.15) is 5.26 Å². The van der Waals surface area contributed by atoms with Crippen molar-refractivity contribution in [1.29, 1.82) is 5.26 Å². The van der Waals surface area contributed by atoms with E-state index >= 15 is 0 Å². The van der Waals surface area contributed by atoms with Crippen molar-refractivity contribution in [2.75, 3.05) is 7.05 Å². The molecule has 0 radical (unpaired) electrons. The number of rotatable bonds is 5. The number of amides is 2. The minimum atomic E-state index is -0.605. The van der Waals surface area contributed by atoms with Gasteiger partial charge in [0.25, 0.3) is 5.91 Å². The lowest BCUT2D eigenvalue weighted by Gasteiger charge is -2.27. The zero-order chi connectivity index (χ0) is 16.8. The highest BCUT2D eigenvalue weighted by Crippen LogP contribution is 2.34. The van der Waals surface area contributed by atoms with Gasteiger partial charge in [-0.25, -0.2) is 0 Å². The van der Waals surface area contributed by atoms with E-state index in [1.54, 1.807) is 18.3 Å². The molecule has 0 unspecified atom stereocenters. The second-order valence-corrected chi connectivity index (χ2v) is 6.09. The molecule has 122 valence electrons. The Balaban J connectivity index is 2.35. The summed E-state index contributed by atoms with van der Waals surface area (Å²) in [6.07, 6.45) is 9.67. The van der Waals surface area contributed by atoms with Crippen LogP contribution in [0.2, 0.25) is 0 Å². The van der Waals surface area contributed by atoms with E-state index in [2.05, 4.69) is 4.98 Å². The van der Waals surface area contributed by atoms with Crippen LogP contribution in [0, 0.1) is 17.4 Å². The topological polar surface area (TPSA) is 100 Å². The van der Waals surface area contributed by atoms with Crippen molar-refractivity contribution >= 4 is 11.8 Å². The molecule has 0 spiro atoms. The molecule has 0 aromatic carbocycles. The predicted octanol–water partition coefficient (Wildman–Crippen LogP) is 2.17. The van der Waals surface area contributed by atoms with E-state index in [0.29, 0.717) is 18.0 Å². The summed E-state index contributed by atoms with van der Waals surface area (Å²) >= 11 is 0. The molecule has 1 fully saturated rings. The Kier molecular flexibility index (Phi) is 5.69. The zero-order valence-corrected chi connectivity index (χ0v) is 13.4. The summed E-state index contributed by atoms with van der Waals surface area (Å²) in [5, 5.41) is 9.03. The quantitative estimate of drug-likeness (QED) is 0.665. The molecular weight excluding hydrogens is 292 g/mol. The van der Waals surface area contributed by atoms with Crippen molar-refractivity contribution in [2.45, 2.75) is 44.4 Å². The Bertz CT molecular complexity index is 617. The third-order valence-electron chi connectivity index (χ3n) is 4.51. The third kappa shape index (κ3) is 4.07.